The summed E-state index contributed by atoms with van der Waals surface area (Å²) in [6.07, 6.45) is 3.12. The van der Waals surface area contributed by atoms with Crippen LogP contribution in [0.15, 0.2) is 12.1 Å². The van der Waals surface area contributed by atoms with Gasteiger partial charge in [0.2, 0.25) is 0 Å². The van der Waals surface area contributed by atoms with Crippen molar-refractivity contribution in [3.63, 3.8) is 0 Å². The second-order valence-corrected chi connectivity index (χ2v) is 6.99. The Labute approximate surface area is 128 Å². The second kappa shape index (κ2) is 6.04. The minimum Gasteiger partial charge on any atom is -0.393 e. The summed E-state index contributed by atoms with van der Waals surface area (Å²) >= 11 is 1.51. The molecule has 1 atom stereocenters. The van der Waals surface area contributed by atoms with Crippen LogP contribution in [-0.2, 0) is 4.74 Å². The fraction of sp³-hybridized carbons (Fsp3) is 0.667. The van der Waals surface area contributed by atoms with Crippen molar-refractivity contribution in [2.75, 3.05) is 26.3 Å². The molecule has 1 unspecified atom stereocenters. The fourth-order valence-corrected chi connectivity index (χ4v) is 3.94. The highest BCUT2D eigenvalue weighted by atomic mass is 32.1. The largest absolute Gasteiger partial charge is 0.393 e. The maximum atomic E-state index is 12.5. The second-order valence-electron chi connectivity index (χ2n) is 5.88. The fourth-order valence-electron chi connectivity index (χ4n) is 2.88. The number of hydrogen-bond acceptors (Lipinski definition) is 5. The van der Waals surface area contributed by atoms with Crippen LogP contribution in [0.5, 0.6) is 0 Å². The van der Waals surface area contributed by atoms with Gasteiger partial charge in [0.25, 0.3) is 5.91 Å². The summed E-state index contributed by atoms with van der Waals surface area (Å²) in [5, 5.41) is 19.1. The van der Waals surface area contributed by atoms with E-state index in [0.29, 0.717) is 25.9 Å². The molecule has 2 saturated heterocycles. The minimum atomic E-state index is -1.02. The monoisotopic (exact) mass is 311 g/mol. The molecular formula is C15H21NO4S. The van der Waals surface area contributed by atoms with Gasteiger partial charge in [-0.2, -0.15) is 0 Å². The van der Waals surface area contributed by atoms with Gasteiger partial charge >= 0.3 is 0 Å². The zero-order valence-electron chi connectivity index (χ0n) is 12.0. The maximum absolute atomic E-state index is 12.5. The van der Waals surface area contributed by atoms with Gasteiger partial charge in [-0.05, 0) is 37.8 Å². The molecule has 2 aliphatic heterocycles. The Hall–Kier alpha value is -0.950. The van der Waals surface area contributed by atoms with E-state index in [1.807, 2.05) is 12.1 Å². The highest BCUT2D eigenvalue weighted by Gasteiger charge is 2.34. The van der Waals surface area contributed by atoms with E-state index in [-0.39, 0.29) is 18.6 Å². The Morgan fingerprint density at radius 1 is 1.43 bits per heavy atom. The van der Waals surface area contributed by atoms with E-state index in [0.717, 1.165) is 29.2 Å². The molecule has 6 heteroatoms. The van der Waals surface area contributed by atoms with Gasteiger partial charge in [0.05, 0.1) is 23.2 Å². The predicted octanol–water partition coefficient (Wildman–Crippen LogP) is 1.56. The van der Waals surface area contributed by atoms with E-state index >= 15 is 0 Å². The lowest BCUT2D eigenvalue weighted by molar-refractivity contribution is -0.0545. The molecule has 0 aromatic carbocycles. The summed E-state index contributed by atoms with van der Waals surface area (Å²) < 4.78 is 5.64. The van der Waals surface area contributed by atoms with Crippen LogP contribution in [0.4, 0.5) is 0 Å². The molecule has 2 fully saturated rings. The smallest absolute Gasteiger partial charge is 0.263 e. The summed E-state index contributed by atoms with van der Waals surface area (Å²) in [6.45, 7) is 1.54. The molecule has 5 nitrogen and oxygen atoms in total. The molecule has 1 aromatic rings. The van der Waals surface area contributed by atoms with Crippen molar-refractivity contribution in [2.24, 2.45) is 0 Å². The molecule has 0 saturated carbocycles. The number of amides is 1. The van der Waals surface area contributed by atoms with Crippen molar-refractivity contribution < 1.29 is 19.7 Å². The van der Waals surface area contributed by atoms with Gasteiger partial charge < -0.3 is 19.8 Å². The van der Waals surface area contributed by atoms with E-state index in [1.165, 1.54) is 11.3 Å². The number of aliphatic hydroxyl groups excluding tert-OH is 1. The number of rotatable bonds is 3. The average Bonchev–Trinajstić information content (AvgIpc) is 3.18. The lowest BCUT2D eigenvalue weighted by Gasteiger charge is -2.36. The van der Waals surface area contributed by atoms with Crippen molar-refractivity contribution in [2.45, 2.75) is 37.4 Å². The first kappa shape index (κ1) is 15.0. The molecule has 21 heavy (non-hydrogen) atoms. The van der Waals surface area contributed by atoms with Crippen molar-refractivity contribution >= 4 is 17.2 Å². The SMILES string of the molecule is O=C(c1ccc(C2CCCO2)s1)N1CCC(O)(CO)CC1. The number of piperidine rings is 1. The van der Waals surface area contributed by atoms with E-state index < -0.39 is 5.60 Å². The molecule has 0 bridgehead atoms. The van der Waals surface area contributed by atoms with Crippen LogP contribution in [0.25, 0.3) is 0 Å². The summed E-state index contributed by atoms with van der Waals surface area (Å²) in [6, 6.07) is 3.86. The molecular weight excluding hydrogens is 290 g/mol. The van der Waals surface area contributed by atoms with Gasteiger partial charge in [-0.1, -0.05) is 0 Å². The first-order chi connectivity index (χ1) is 10.1. The zero-order chi connectivity index (χ0) is 14.9. The molecule has 1 aromatic heterocycles. The number of ether oxygens (including phenoxy) is 1. The normalized spacial score (nSPS) is 25.2. The van der Waals surface area contributed by atoms with Crippen molar-refractivity contribution in [3.05, 3.63) is 21.9 Å². The van der Waals surface area contributed by atoms with E-state index in [9.17, 15) is 9.90 Å². The molecule has 3 rings (SSSR count). The number of thiophene rings is 1. The summed E-state index contributed by atoms with van der Waals surface area (Å²) in [4.78, 5) is 16.1. The minimum absolute atomic E-state index is 0.0178. The molecule has 2 N–H and O–H groups in total. The molecule has 2 aliphatic rings. The van der Waals surface area contributed by atoms with E-state index in [1.54, 1.807) is 4.90 Å². The van der Waals surface area contributed by atoms with Crippen LogP contribution in [0.1, 0.15) is 46.3 Å². The van der Waals surface area contributed by atoms with Crippen molar-refractivity contribution in [3.8, 4) is 0 Å². The third-order valence-electron chi connectivity index (χ3n) is 4.36. The first-order valence-corrected chi connectivity index (χ1v) is 8.27. The summed E-state index contributed by atoms with van der Waals surface area (Å²) in [5.41, 5.74) is -1.02. The van der Waals surface area contributed by atoms with Crippen LogP contribution in [0.2, 0.25) is 0 Å². The van der Waals surface area contributed by atoms with Gasteiger partial charge in [-0.3, -0.25) is 4.79 Å². The molecule has 0 radical (unpaired) electrons. The van der Waals surface area contributed by atoms with Gasteiger partial charge in [-0.25, -0.2) is 0 Å². The summed E-state index contributed by atoms with van der Waals surface area (Å²) in [7, 11) is 0. The quantitative estimate of drug-likeness (QED) is 0.889. The van der Waals surface area contributed by atoms with Crippen LogP contribution >= 0.6 is 11.3 Å². The Kier molecular flexibility index (Phi) is 4.31. The Morgan fingerprint density at radius 3 is 2.81 bits per heavy atom. The standard InChI is InChI=1S/C15H21NO4S/c17-10-15(19)5-7-16(8-6-15)14(18)13-4-3-12(21-13)11-2-1-9-20-11/h3-4,11,17,19H,1-2,5-10H2. The van der Waals surface area contributed by atoms with Crippen LogP contribution in [-0.4, -0.2) is 52.9 Å². The Morgan fingerprint density at radius 2 is 2.19 bits per heavy atom. The van der Waals surface area contributed by atoms with Gasteiger partial charge in [0, 0.05) is 24.6 Å². The van der Waals surface area contributed by atoms with Crippen molar-refractivity contribution in [1.29, 1.82) is 0 Å². The Balaban J connectivity index is 1.63. The number of likely N-dealkylation sites (tertiary alicyclic amines) is 1. The number of carbonyl (C=O) groups is 1. The zero-order valence-corrected chi connectivity index (χ0v) is 12.8. The maximum Gasteiger partial charge on any atom is 0.263 e. The Bertz CT molecular complexity index is 502. The molecule has 0 spiro atoms. The van der Waals surface area contributed by atoms with Crippen LogP contribution in [0.3, 0.4) is 0 Å². The topological polar surface area (TPSA) is 70.0 Å². The highest BCUT2D eigenvalue weighted by molar-refractivity contribution is 7.14. The lowest BCUT2D eigenvalue weighted by Crippen LogP contribution is -2.48. The third kappa shape index (κ3) is 3.13. The van der Waals surface area contributed by atoms with Crippen LogP contribution in [0, 0.1) is 0 Å². The lowest BCUT2D eigenvalue weighted by atomic mass is 9.92. The van der Waals surface area contributed by atoms with Gasteiger partial charge in [0.15, 0.2) is 0 Å². The first-order valence-electron chi connectivity index (χ1n) is 7.45. The molecule has 3 heterocycles. The number of hydrogen-bond donors (Lipinski definition) is 2. The van der Waals surface area contributed by atoms with E-state index in [4.69, 9.17) is 9.84 Å². The third-order valence-corrected chi connectivity index (χ3v) is 5.53. The van der Waals surface area contributed by atoms with Gasteiger partial charge in [0.1, 0.15) is 0 Å². The van der Waals surface area contributed by atoms with Crippen molar-refractivity contribution in [1.82, 2.24) is 4.90 Å². The number of aliphatic hydroxyl groups is 2. The molecule has 0 aliphatic carbocycles. The molecule has 116 valence electrons. The number of carbonyl (C=O) groups excluding carboxylic acids is 1. The average molecular weight is 311 g/mol. The highest BCUT2D eigenvalue weighted by Crippen LogP contribution is 2.34. The number of nitrogens with zero attached hydrogens (tertiary/aromatic N) is 1. The van der Waals surface area contributed by atoms with E-state index in [2.05, 4.69) is 0 Å². The molecule has 1 amide bonds. The predicted molar refractivity (Wildman–Crippen MR) is 79.4 cm³/mol. The van der Waals surface area contributed by atoms with Crippen LogP contribution < -0.4 is 0 Å². The summed E-state index contributed by atoms with van der Waals surface area (Å²) in [5.74, 6) is 0.0178. The van der Waals surface area contributed by atoms with Gasteiger partial charge in [-0.15, -0.1) is 11.3 Å².